The molecule has 0 saturated carbocycles. The summed E-state index contributed by atoms with van der Waals surface area (Å²) in [6.07, 6.45) is 0.811. The van der Waals surface area contributed by atoms with Gasteiger partial charge in [-0.05, 0) is 92.5 Å². The fraction of sp³-hybridized carbons (Fsp3) is 0.525. The smallest absolute Gasteiger partial charge is 0.480 e. The fourth-order valence-electron chi connectivity index (χ4n) is 9.78. The molecule has 0 bridgehead atoms. The van der Waals surface area contributed by atoms with Crippen LogP contribution in [0.4, 0.5) is 26.7 Å². The zero-order valence-electron chi connectivity index (χ0n) is 51.0. The van der Waals surface area contributed by atoms with Crippen LogP contribution in [-0.4, -0.2) is 158 Å². The van der Waals surface area contributed by atoms with E-state index in [1.165, 1.54) is 17.1 Å². The van der Waals surface area contributed by atoms with Crippen molar-refractivity contribution in [2.24, 2.45) is 28.7 Å². The average molecular weight is 1280 g/mol. The van der Waals surface area contributed by atoms with Gasteiger partial charge >= 0.3 is 24.1 Å². The van der Waals surface area contributed by atoms with E-state index in [0.717, 1.165) is 28.7 Å². The van der Waals surface area contributed by atoms with E-state index in [1.807, 2.05) is 55.7 Å². The first kappa shape index (κ1) is 75.6. The summed E-state index contributed by atoms with van der Waals surface area (Å²) in [5.74, 6) is -10.8. The number of nitrogens with one attached hydrogen (secondary N) is 5. The number of amides is 9. The van der Waals surface area contributed by atoms with Crippen LogP contribution in [0, 0.1) is 28.9 Å². The number of unbranched alkanes of at least 4 members (excludes halogenated alkanes) is 3. The average Bonchev–Trinajstić information content (AvgIpc) is 1.80. The predicted molar refractivity (Wildman–Crippen MR) is 318 cm³/mol. The monoisotopic (exact) mass is 1270 g/mol. The van der Waals surface area contributed by atoms with Crippen molar-refractivity contribution in [3.8, 4) is 11.1 Å². The number of aliphatic hydroxyl groups is 1. The van der Waals surface area contributed by atoms with Crippen molar-refractivity contribution in [1.82, 2.24) is 41.0 Å². The third-order valence-electron chi connectivity index (χ3n) is 14.4. The zero-order chi connectivity index (χ0) is 67.5. The molecule has 1 aliphatic rings. The van der Waals surface area contributed by atoms with Crippen LogP contribution in [0.1, 0.15) is 129 Å². The number of rotatable bonds is 36. The second kappa shape index (κ2) is 36.8. The summed E-state index contributed by atoms with van der Waals surface area (Å²) in [6, 6.07) is 9.22. The van der Waals surface area contributed by atoms with Gasteiger partial charge in [-0.15, -0.1) is 0 Å². The number of halogens is 5. The number of carboxylic acid groups (broad SMARTS) is 2. The second-order valence-corrected chi connectivity index (χ2v) is 23.0. The van der Waals surface area contributed by atoms with Gasteiger partial charge in [0.2, 0.25) is 29.5 Å². The molecule has 0 radical (unpaired) electrons. The minimum Gasteiger partial charge on any atom is -0.480 e. The molecule has 0 fully saturated rings. The molecular weight excluding hydrogens is 1190 g/mol. The molecule has 4 rings (SSSR count). The number of hydrogen-bond donors (Lipinski definition) is 10. The number of carbonyl (C=O) groups is 11. The minimum absolute atomic E-state index is 0.0202. The number of Topliss-reactive ketones (excluding diaryl/α,β-unsaturated/α-hetero) is 1. The number of imide groups is 1. The second-order valence-electron chi connectivity index (χ2n) is 23.0. The zero-order valence-corrected chi connectivity index (χ0v) is 51.0. The third kappa shape index (κ3) is 25.9. The number of aliphatic carboxylic acids is 2. The van der Waals surface area contributed by atoms with E-state index in [9.17, 15) is 75.7 Å². The summed E-state index contributed by atoms with van der Waals surface area (Å²) >= 11 is 0. The Hall–Kier alpha value is -8.60. The lowest BCUT2D eigenvalue weighted by molar-refractivity contribution is -0.192. The number of benzene rings is 2. The maximum absolute atomic E-state index is 15.2. The fourth-order valence-corrected chi connectivity index (χ4v) is 9.78. The van der Waals surface area contributed by atoms with Crippen LogP contribution in [0.25, 0.3) is 11.1 Å². The van der Waals surface area contributed by atoms with E-state index in [2.05, 4.69) is 26.6 Å². The number of aromatic nitrogens is 1. The van der Waals surface area contributed by atoms with E-state index in [1.54, 1.807) is 26.1 Å². The molecule has 1 aliphatic heterocycles. The van der Waals surface area contributed by atoms with Crippen LogP contribution in [0.2, 0.25) is 0 Å². The highest BCUT2D eigenvalue weighted by atomic mass is 19.4. The molecule has 0 aliphatic carbocycles. The van der Waals surface area contributed by atoms with Gasteiger partial charge in [-0.25, -0.2) is 23.2 Å². The molecule has 0 saturated heterocycles. The largest absolute Gasteiger partial charge is 0.490 e. The maximum atomic E-state index is 15.2. The molecule has 1 aromatic heterocycles. The molecule has 12 N–H and O–H groups in total. The van der Waals surface area contributed by atoms with Gasteiger partial charge in [0.05, 0.1) is 18.1 Å². The lowest BCUT2D eigenvalue weighted by atomic mass is 9.82. The van der Waals surface area contributed by atoms with Crippen LogP contribution in [-0.2, 0) is 54.5 Å². The highest BCUT2D eigenvalue weighted by molar-refractivity contribution is 6.12. The molecule has 3 aromatic rings. The Morgan fingerprint density at radius 1 is 0.722 bits per heavy atom. The molecule has 29 heteroatoms. The number of ketones is 1. The van der Waals surface area contributed by atoms with Crippen molar-refractivity contribution in [2.45, 2.75) is 149 Å². The number of urea groups is 1. The Bertz CT molecular complexity index is 2970. The molecule has 2 heterocycles. The molecule has 2 aromatic carbocycles. The summed E-state index contributed by atoms with van der Waals surface area (Å²) in [4.78, 5) is 139. The van der Waals surface area contributed by atoms with Gasteiger partial charge in [0.15, 0.2) is 5.78 Å². The van der Waals surface area contributed by atoms with Crippen molar-refractivity contribution in [3.63, 3.8) is 0 Å². The van der Waals surface area contributed by atoms with E-state index in [0.29, 0.717) is 43.5 Å². The Kier molecular flexibility index (Phi) is 30.9. The van der Waals surface area contributed by atoms with Crippen LogP contribution in [0.3, 0.4) is 0 Å². The number of nitrogens with two attached hydrogens (primary N) is 2. The lowest BCUT2D eigenvalue weighted by Crippen LogP contribution is -2.48. The number of alkyl halides is 3. The van der Waals surface area contributed by atoms with Gasteiger partial charge < -0.3 is 62.8 Å². The molecule has 496 valence electrons. The van der Waals surface area contributed by atoms with Crippen molar-refractivity contribution >= 4 is 65.1 Å². The number of aliphatic hydroxyl groups excluding tert-OH is 1. The number of carboxylic acids is 2. The van der Waals surface area contributed by atoms with E-state index in [-0.39, 0.29) is 107 Å². The molecule has 90 heavy (non-hydrogen) atoms. The van der Waals surface area contributed by atoms with Crippen molar-refractivity contribution < 1.29 is 90.0 Å². The Labute approximate surface area is 518 Å². The molecule has 5 atom stereocenters. The summed E-state index contributed by atoms with van der Waals surface area (Å²) in [5.41, 5.74) is 12.6. The van der Waals surface area contributed by atoms with E-state index >= 15 is 4.39 Å². The van der Waals surface area contributed by atoms with E-state index in [4.69, 9.17) is 21.4 Å². The van der Waals surface area contributed by atoms with Gasteiger partial charge in [0.25, 0.3) is 11.8 Å². The van der Waals surface area contributed by atoms with Gasteiger partial charge in [-0.1, -0.05) is 71.4 Å². The molecule has 0 spiro atoms. The normalized spacial score (nSPS) is 13.9. The highest BCUT2D eigenvalue weighted by Crippen LogP contribution is 2.41. The Morgan fingerprint density at radius 3 is 1.96 bits per heavy atom. The summed E-state index contributed by atoms with van der Waals surface area (Å²) < 4.78 is 63.2. The van der Waals surface area contributed by atoms with Gasteiger partial charge in [-0.3, -0.25) is 43.3 Å². The van der Waals surface area contributed by atoms with Gasteiger partial charge in [-0.2, -0.15) is 13.2 Å². The Morgan fingerprint density at radius 2 is 1.37 bits per heavy atom. The molecular formula is C61H83F5N10O14. The summed E-state index contributed by atoms with van der Waals surface area (Å²) in [7, 11) is 0. The summed E-state index contributed by atoms with van der Waals surface area (Å²) in [6.45, 7) is 8.82. The maximum Gasteiger partial charge on any atom is 0.490 e. The molecule has 9 amide bonds. The van der Waals surface area contributed by atoms with Crippen molar-refractivity contribution in [3.05, 3.63) is 95.8 Å². The van der Waals surface area contributed by atoms with E-state index < -0.39 is 113 Å². The highest BCUT2D eigenvalue weighted by Gasteiger charge is 2.39. The number of hydrogen-bond acceptors (Lipinski definition) is 13. The topological polar surface area (TPSA) is 372 Å². The first-order valence-electron chi connectivity index (χ1n) is 29.4. The van der Waals surface area contributed by atoms with Gasteiger partial charge in [0.1, 0.15) is 24.3 Å². The van der Waals surface area contributed by atoms with Crippen LogP contribution in [0.15, 0.2) is 72.9 Å². The Balaban J connectivity index is 0.00000284. The molecule has 24 nitrogen and oxygen atoms in total. The number of primary amides is 1. The van der Waals surface area contributed by atoms with Gasteiger partial charge in [0, 0.05) is 99.6 Å². The lowest BCUT2D eigenvalue weighted by Gasteiger charge is -2.41. The number of nitrogens with zero attached hydrogens (tertiary/aromatic N) is 3. The van der Waals surface area contributed by atoms with Crippen molar-refractivity contribution in [1.29, 1.82) is 0 Å². The minimum atomic E-state index is -5.08. The first-order valence-corrected chi connectivity index (χ1v) is 29.4. The standard InChI is InChI=1S/C59H82F2N10O12.C2HF3O2/c1-37(2)53(68-49(75)19-10-7-13-29-70-50(76)22-23-51(70)77)47(73)32-39(17-14-27-66-58(63)83)55(79)67-45(57(81)82)18-11-12-26-64-48(74)24-28-65-56(80)44(62)25-30-71(52(78)36-72)54(59(3,4)5)46-31-40(42-33-41(60)20-21-43(42)61)35-69(46)34-38-15-8-6-9-16-38;3-2(4,5)1(6)7/h6,8-9,15-16,20-23,31,33,35,37,39,44-45,53-54,72H,7,10-14,17-19,24-30,32,34,36,62H2,1-5H3,(H,64,74)(H,65,80)(H,67,79)(H,68,75)(H,81,82)(H3,63,66,83);(H,6,7)/t39-,44+,45+,53+,54+;/m1./s1. The SMILES string of the molecule is CC(C)[C@H](NC(=O)CCCCCN1C(=O)C=CC1=O)C(=O)C[C@@H](CCCNC(N)=O)C(=O)N[C@@H](CCCCNC(=O)CCNC(=O)[C@@H](N)CCN(C(=O)CO)[C@@H](c1cc(-c2cc(F)ccc2F)cn1Cc1ccccc1)C(C)(C)C)C(=O)O.O=C(O)C(F)(F)F. The third-order valence-corrected chi connectivity index (χ3v) is 14.4. The first-order chi connectivity index (χ1) is 42.2. The summed E-state index contributed by atoms with van der Waals surface area (Å²) in [5, 5.41) is 40.4. The number of carbonyl (C=O) groups excluding carboxylic acids is 9. The quantitative estimate of drug-likeness (QED) is 0.0213. The van der Waals surface area contributed by atoms with Crippen LogP contribution in [0.5, 0.6) is 0 Å². The van der Waals surface area contributed by atoms with Crippen molar-refractivity contribution in [2.75, 3.05) is 39.3 Å². The van der Waals surface area contributed by atoms with Crippen LogP contribution < -0.4 is 38.1 Å². The molecule has 0 unspecified atom stereocenters. The van der Waals surface area contributed by atoms with Crippen LogP contribution >= 0.6 is 0 Å². The predicted octanol–water partition coefficient (Wildman–Crippen LogP) is 4.75.